The lowest BCUT2D eigenvalue weighted by molar-refractivity contribution is 0.264. The van der Waals surface area contributed by atoms with Crippen molar-refractivity contribution in [3.63, 3.8) is 0 Å². The van der Waals surface area contributed by atoms with Crippen molar-refractivity contribution in [2.45, 2.75) is 73.6 Å². The second-order valence-electron chi connectivity index (χ2n) is 6.21. The van der Waals surface area contributed by atoms with E-state index in [4.69, 9.17) is 5.84 Å². The average Bonchev–Trinajstić information content (AvgIpc) is 2.34. The maximum atomic E-state index is 5.46. The highest BCUT2D eigenvalue weighted by Crippen LogP contribution is 2.36. The van der Waals surface area contributed by atoms with Crippen molar-refractivity contribution in [1.29, 1.82) is 0 Å². The van der Waals surface area contributed by atoms with E-state index >= 15 is 0 Å². The van der Waals surface area contributed by atoms with Crippen molar-refractivity contribution in [3.8, 4) is 0 Å². The van der Waals surface area contributed by atoms with Crippen LogP contribution in [0.4, 0.5) is 0 Å². The third-order valence-corrected chi connectivity index (χ3v) is 4.38. The van der Waals surface area contributed by atoms with Crippen LogP contribution in [0.1, 0.15) is 73.6 Å². The van der Waals surface area contributed by atoms with Crippen LogP contribution < -0.4 is 11.3 Å². The summed E-state index contributed by atoms with van der Waals surface area (Å²) in [7, 11) is 0. The Bertz CT molecular complexity index is 244. The largest absolute Gasteiger partial charge is 0.331 e. The first kappa shape index (κ1) is 18.5. The molecule has 1 saturated carbocycles. The molecule has 114 valence electrons. The molecule has 0 aromatic heterocycles. The van der Waals surface area contributed by atoms with Gasteiger partial charge >= 0.3 is 0 Å². The lowest BCUT2D eigenvalue weighted by Crippen LogP contribution is -2.22. The molecular weight excluding hydrogens is 232 g/mol. The van der Waals surface area contributed by atoms with E-state index in [9.17, 15) is 0 Å². The minimum atomic E-state index is 0.715. The van der Waals surface area contributed by atoms with Gasteiger partial charge < -0.3 is 5.43 Å². The van der Waals surface area contributed by atoms with E-state index in [0.717, 1.165) is 17.8 Å². The molecule has 0 heterocycles. The maximum absolute atomic E-state index is 5.46. The molecule has 0 bridgehead atoms. The third kappa shape index (κ3) is 6.47. The molecular formula is C17H36N2. The summed E-state index contributed by atoms with van der Waals surface area (Å²) in [6, 6.07) is 0. The lowest BCUT2D eigenvalue weighted by atomic mass is 9.75. The van der Waals surface area contributed by atoms with Crippen LogP contribution in [0, 0.1) is 23.7 Å². The number of nitrogens with two attached hydrogens (primary N) is 1. The zero-order valence-electron chi connectivity index (χ0n) is 14.0. The number of hydrogen-bond acceptors (Lipinski definition) is 2. The molecule has 1 fully saturated rings. The molecule has 0 spiro atoms. The van der Waals surface area contributed by atoms with Crippen molar-refractivity contribution in [3.05, 3.63) is 11.8 Å². The normalized spacial score (nSPS) is 26.7. The van der Waals surface area contributed by atoms with E-state index in [1.54, 1.807) is 0 Å². The highest BCUT2D eigenvalue weighted by atomic mass is 15.2. The number of nitrogens with one attached hydrogen (secondary N) is 1. The minimum Gasteiger partial charge on any atom is -0.331 e. The van der Waals surface area contributed by atoms with Crippen LogP contribution in [0.25, 0.3) is 0 Å². The Hall–Kier alpha value is -0.500. The van der Waals surface area contributed by atoms with Gasteiger partial charge in [0.15, 0.2) is 0 Å². The van der Waals surface area contributed by atoms with Crippen molar-refractivity contribution in [2.75, 3.05) is 0 Å². The summed E-state index contributed by atoms with van der Waals surface area (Å²) < 4.78 is 0. The van der Waals surface area contributed by atoms with Crippen LogP contribution in [-0.2, 0) is 0 Å². The van der Waals surface area contributed by atoms with Gasteiger partial charge in [0, 0.05) is 6.20 Å². The van der Waals surface area contributed by atoms with Crippen LogP contribution in [0.5, 0.6) is 0 Å². The zero-order chi connectivity index (χ0) is 14.8. The minimum absolute atomic E-state index is 0.715. The number of hydrogen-bond donors (Lipinski definition) is 2. The van der Waals surface area contributed by atoms with Crippen LogP contribution in [0.2, 0.25) is 0 Å². The Morgan fingerprint density at radius 2 is 1.68 bits per heavy atom. The summed E-state index contributed by atoms with van der Waals surface area (Å²) in [4.78, 5) is 0. The topological polar surface area (TPSA) is 38.0 Å². The predicted octanol–water partition coefficient (Wildman–Crippen LogP) is 4.87. The fraction of sp³-hybridized carbons (Fsp3) is 0.882. The molecule has 0 amide bonds. The Labute approximate surface area is 121 Å². The number of allylic oxidation sites excluding steroid dienone is 1. The Morgan fingerprint density at radius 1 is 1.05 bits per heavy atom. The lowest BCUT2D eigenvalue weighted by Gasteiger charge is -2.31. The molecule has 2 heteroatoms. The smallest absolute Gasteiger partial charge is 0.0117 e. The van der Waals surface area contributed by atoms with Crippen molar-refractivity contribution >= 4 is 0 Å². The van der Waals surface area contributed by atoms with Crippen LogP contribution in [0.3, 0.4) is 0 Å². The molecule has 1 rings (SSSR count). The molecule has 3 N–H and O–H groups in total. The summed E-state index contributed by atoms with van der Waals surface area (Å²) in [6.07, 6.45) is 8.66. The number of hydrazine groups is 1. The molecule has 0 saturated heterocycles. The molecule has 0 aromatic carbocycles. The fourth-order valence-corrected chi connectivity index (χ4v) is 3.19. The van der Waals surface area contributed by atoms with Crippen molar-refractivity contribution < 1.29 is 0 Å². The maximum Gasteiger partial charge on any atom is 0.0117 e. The van der Waals surface area contributed by atoms with Crippen LogP contribution in [-0.4, -0.2) is 0 Å². The Balaban J connectivity index is 0.00000154. The van der Waals surface area contributed by atoms with Gasteiger partial charge in [0.2, 0.25) is 0 Å². The van der Waals surface area contributed by atoms with Gasteiger partial charge in [-0.25, -0.2) is 0 Å². The van der Waals surface area contributed by atoms with E-state index < -0.39 is 0 Å². The average molecular weight is 268 g/mol. The van der Waals surface area contributed by atoms with E-state index in [1.165, 1.54) is 37.7 Å². The zero-order valence-corrected chi connectivity index (χ0v) is 14.0. The summed E-state index contributed by atoms with van der Waals surface area (Å²) in [6.45, 7) is 13.4. The van der Waals surface area contributed by atoms with Gasteiger partial charge in [0.1, 0.15) is 0 Å². The molecule has 2 unspecified atom stereocenters. The molecule has 1 aliphatic carbocycles. The van der Waals surface area contributed by atoms with Gasteiger partial charge in [-0.1, -0.05) is 41.5 Å². The number of rotatable bonds is 3. The SMILES string of the molecule is CC.CC(C)C1CCC/C(=C/NN)C(C(C)C)CC1. The van der Waals surface area contributed by atoms with Gasteiger partial charge in [-0.15, -0.1) is 0 Å². The standard InChI is InChI=1S/C15H30N2.C2H6/c1-11(2)13-6-5-7-14(10-17-16)15(9-8-13)12(3)4;1-2/h10-13,15,17H,5-9,16H2,1-4H3;1-2H3/b14-10-;. The quantitative estimate of drug-likeness (QED) is 0.566. The first-order valence-corrected chi connectivity index (χ1v) is 8.21. The van der Waals surface area contributed by atoms with Gasteiger partial charge in [0.05, 0.1) is 0 Å². The molecule has 0 aromatic rings. The molecule has 0 radical (unpaired) electrons. The first-order valence-electron chi connectivity index (χ1n) is 8.21. The van der Waals surface area contributed by atoms with Gasteiger partial charge in [-0.3, -0.25) is 5.84 Å². The molecule has 0 aliphatic heterocycles. The molecule has 2 nitrogen and oxygen atoms in total. The Kier molecular flexibility index (Phi) is 10.0. The van der Waals surface area contributed by atoms with Gasteiger partial charge in [-0.2, -0.15) is 0 Å². The molecule has 2 atom stereocenters. The summed E-state index contributed by atoms with van der Waals surface area (Å²) in [5.74, 6) is 8.65. The van der Waals surface area contributed by atoms with Gasteiger partial charge in [-0.05, 0) is 61.3 Å². The van der Waals surface area contributed by atoms with Gasteiger partial charge in [0.25, 0.3) is 0 Å². The van der Waals surface area contributed by atoms with E-state index in [2.05, 4.69) is 33.1 Å². The van der Waals surface area contributed by atoms with Crippen LogP contribution >= 0.6 is 0 Å². The van der Waals surface area contributed by atoms with E-state index in [-0.39, 0.29) is 0 Å². The Morgan fingerprint density at radius 3 is 2.16 bits per heavy atom. The van der Waals surface area contributed by atoms with E-state index in [1.807, 2.05) is 20.0 Å². The van der Waals surface area contributed by atoms with Crippen molar-refractivity contribution in [1.82, 2.24) is 5.43 Å². The second-order valence-corrected chi connectivity index (χ2v) is 6.21. The summed E-state index contributed by atoms with van der Waals surface area (Å²) >= 11 is 0. The fourth-order valence-electron chi connectivity index (χ4n) is 3.19. The highest BCUT2D eigenvalue weighted by Gasteiger charge is 2.24. The third-order valence-electron chi connectivity index (χ3n) is 4.38. The molecule has 19 heavy (non-hydrogen) atoms. The summed E-state index contributed by atoms with van der Waals surface area (Å²) in [5.41, 5.74) is 4.27. The highest BCUT2D eigenvalue weighted by molar-refractivity contribution is 5.07. The summed E-state index contributed by atoms with van der Waals surface area (Å²) in [5, 5.41) is 0. The first-order chi connectivity index (χ1) is 9.06. The van der Waals surface area contributed by atoms with E-state index in [0.29, 0.717) is 5.92 Å². The molecule has 1 aliphatic rings. The second kappa shape index (κ2) is 10.3. The van der Waals surface area contributed by atoms with Crippen molar-refractivity contribution in [2.24, 2.45) is 29.5 Å². The van der Waals surface area contributed by atoms with Crippen LogP contribution in [0.15, 0.2) is 11.8 Å². The monoisotopic (exact) mass is 268 g/mol. The predicted molar refractivity (Wildman–Crippen MR) is 86.5 cm³/mol.